The summed E-state index contributed by atoms with van der Waals surface area (Å²) in [6.07, 6.45) is 3.84. The van der Waals surface area contributed by atoms with Gasteiger partial charge in [-0.2, -0.15) is 5.26 Å². The van der Waals surface area contributed by atoms with E-state index >= 15 is 0 Å². The van der Waals surface area contributed by atoms with Crippen LogP contribution in [0.15, 0.2) is 30.3 Å². The maximum Gasteiger partial charge on any atom is 0.106 e. The fourth-order valence-corrected chi connectivity index (χ4v) is 2.36. The zero-order chi connectivity index (χ0) is 14.8. The highest BCUT2D eigenvalue weighted by atomic mass is 15.1. The predicted octanol–water partition coefficient (Wildman–Crippen LogP) is 3.57. The van der Waals surface area contributed by atoms with Gasteiger partial charge in [0.15, 0.2) is 0 Å². The Kier molecular flexibility index (Phi) is 7.11. The van der Waals surface area contributed by atoms with Crippen LogP contribution in [0.5, 0.6) is 0 Å². The molecule has 0 amide bonds. The minimum atomic E-state index is -0.354. The van der Waals surface area contributed by atoms with E-state index in [1.54, 1.807) is 0 Å². The van der Waals surface area contributed by atoms with Gasteiger partial charge in [-0.05, 0) is 44.4 Å². The van der Waals surface area contributed by atoms with E-state index in [-0.39, 0.29) is 5.54 Å². The fourth-order valence-electron chi connectivity index (χ4n) is 2.36. The second kappa shape index (κ2) is 8.60. The van der Waals surface area contributed by atoms with Gasteiger partial charge in [0.25, 0.3) is 0 Å². The van der Waals surface area contributed by atoms with Crippen molar-refractivity contribution in [3.05, 3.63) is 30.3 Å². The fraction of sp³-hybridized carbons (Fsp3) is 0.588. The van der Waals surface area contributed by atoms with Crippen molar-refractivity contribution in [3.8, 4) is 6.07 Å². The summed E-state index contributed by atoms with van der Waals surface area (Å²) in [4.78, 5) is 2.25. The third kappa shape index (κ3) is 4.86. The van der Waals surface area contributed by atoms with Crippen LogP contribution < -0.4 is 10.2 Å². The molecule has 1 atom stereocenters. The highest BCUT2D eigenvalue weighted by Gasteiger charge is 2.26. The number of rotatable bonds is 9. The highest BCUT2D eigenvalue weighted by Crippen LogP contribution is 2.18. The number of nitrogens with one attached hydrogen (secondary N) is 1. The molecule has 3 heteroatoms. The van der Waals surface area contributed by atoms with Crippen molar-refractivity contribution in [2.24, 2.45) is 0 Å². The summed E-state index contributed by atoms with van der Waals surface area (Å²) in [6.45, 7) is 6.11. The molecule has 3 nitrogen and oxygen atoms in total. The summed E-state index contributed by atoms with van der Waals surface area (Å²) < 4.78 is 0. The Morgan fingerprint density at radius 3 is 2.50 bits per heavy atom. The normalized spacial score (nSPS) is 13.5. The Hall–Kier alpha value is -1.53. The zero-order valence-corrected chi connectivity index (χ0v) is 13.0. The lowest BCUT2D eigenvalue weighted by molar-refractivity contribution is 0.366. The second-order valence-electron chi connectivity index (χ2n) is 5.33. The molecule has 110 valence electrons. The van der Waals surface area contributed by atoms with Crippen LogP contribution in [0.25, 0.3) is 0 Å². The van der Waals surface area contributed by atoms with Crippen LogP contribution in [0.2, 0.25) is 0 Å². The molecule has 0 aliphatic heterocycles. The summed E-state index contributed by atoms with van der Waals surface area (Å²) in [7, 11) is 2.11. The van der Waals surface area contributed by atoms with Crippen molar-refractivity contribution in [1.82, 2.24) is 5.32 Å². The lowest BCUT2D eigenvalue weighted by Gasteiger charge is -2.28. The number of nitriles is 1. The Morgan fingerprint density at radius 1 is 1.25 bits per heavy atom. The lowest BCUT2D eigenvalue weighted by atomic mass is 9.91. The summed E-state index contributed by atoms with van der Waals surface area (Å²) in [5.41, 5.74) is 0.876. The van der Waals surface area contributed by atoms with Gasteiger partial charge >= 0.3 is 0 Å². The lowest BCUT2D eigenvalue weighted by Crippen LogP contribution is -2.44. The van der Waals surface area contributed by atoms with Crippen molar-refractivity contribution in [3.63, 3.8) is 0 Å². The van der Waals surface area contributed by atoms with Crippen molar-refractivity contribution < 1.29 is 0 Å². The van der Waals surface area contributed by atoms with Crippen molar-refractivity contribution >= 4 is 5.69 Å². The molecule has 1 unspecified atom stereocenters. The topological polar surface area (TPSA) is 39.1 Å². The molecule has 20 heavy (non-hydrogen) atoms. The second-order valence-corrected chi connectivity index (χ2v) is 5.33. The van der Waals surface area contributed by atoms with E-state index in [0.29, 0.717) is 0 Å². The minimum absolute atomic E-state index is 0.354. The number of nitrogens with zero attached hydrogens (tertiary/aromatic N) is 2. The quantitative estimate of drug-likeness (QED) is 0.747. The zero-order valence-electron chi connectivity index (χ0n) is 13.0. The summed E-state index contributed by atoms with van der Waals surface area (Å²) in [5, 5.41) is 12.9. The van der Waals surface area contributed by atoms with Crippen LogP contribution in [0, 0.1) is 11.3 Å². The van der Waals surface area contributed by atoms with Gasteiger partial charge in [0.1, 0.15) is 5.54 Å². The van der Waals surface area contributed by atoms with E-state index in [4.69, 9.17) is 0 Å². The molecule has 0 saturated carbocycles. The molecule has 0 fully saturated rings. The first kappa shape index (κ1) is 16.5. The highest BCUT2D eigenvalue weighted by molar-refractivity contribution is 5.44. The van der Waals surface area contributed by atoms with Crippen molar-refractivity contribution in [2.45, 2.75) is 45.1 Å². The average molecular weight is 273 g/mol. The number of para-hydroxylation sites is 1. The maximum atomic E-state index is 9.46. The molecule has 1 N–H and O–H groups in total. The molecule has 0 aliphatic rings. The van der Waals surface area contributed by atoms with Gasteiger partial charge in [-0.25, -0.2) is 0 Å². The third-order valence-electron chi connectivity index (χ3n) is 3.83. The number of hydrogen-bond donors (Lipinski definition) is 1. The van der Waals surface area contributed by atoms with Crippen LogP contribution in [-0.2, 0) is 0 Å². The first-order chi connectivity index (χ1) is 9.67. The number of anilines is 1. The van der Waals surface area contributed by atoms with Crippen LogP contribution in [0.3, 0.4) is 0 Å². The smallest absolute Gasteiger partial charge is 0.106 e. The Balaban J connectivity index is 2.46. The van der Waals surface area contributed by atoms with Gasteiger partial charge in [0.05, 0.1) is 6.07 Å². The Morgan fingerprint density at radius 2 is 1.95 bits per heavy atom. The predicted molar refractivity (Wildman–Crippen MR) is 85.9 cm³/mol. The molecule has 0 aliphatic carbocycles. The van der Waals surface area contributed by atoms with Crippen LogP contribution in [0.4, 0.5) is 5.69 Å². The molecule has 0 saturated heterocycles. The average Bonchev–Trinajstić information content (AvgIpc) is 2.51. The molecule has 0 spiro atoms. The molecule has 0 bridgehead atoms. The molecule has 0 radical (unpaired) electrons. The first-order valence-corrected chi connectivity index (χ1v) is 7.60. The molecular weight excluding hydrogens is 246 g/mol. The number of benzene rings is 1. The Bertz CT molecular complexity index is 410. The number of hydrogen-bond acceptors (Lipinski definition) is 3. The van der Waals surface area contributed by atoms with Crippen LogP contribution in [0.1, 0.15) is 39.5 Å². The van der Waals surface area contributed by atoms with E-state index in [9.17, 15) is 5.26 Å². The van der Waals surface area contributed by atoms with Crippen molar-refractivity contribution in [2.75, 3.05) is 25.0 Å². The maximum absolute atomic E-state index is 9.46. The van der Waals surface area contributed by atoms with E-state index < -0.39 is 0 Å². The van der Waals surface area contributed by atoms with E-state index in [1.807, 2.05) is 6.07 Å². The summed E-state index contributed by atoms with van der Waals surface area (Å²) in [6, 6.07) is 12.9. The molecule has 0 heterocycles. The Labute approximate surface area is 123 Å². The molecule has 1 aromatic carbocycles. The summed E-state index contributed by atoms with van der Waals surface area (Å²) in [5.74, 6) is 0. The van der Waals surface area contributed by atoms with Gasteiger partial charge in [-0.15, -0.1) is 0 Å². The van der Waals surface area contributed by atoms with Crippen LogP contribution >= 0.6 is 0 Å². The standard InChI is InChI=1S/C17H27N3/c1-4-13-19-17(5-2,15-18)12-9-14-20(3)16-10-7-6-8-11-16/h6-8,10-11,19H,4-5,9,12-14H2,1-3H3. The van der Waals surface area contributed by atoms with Crippen molar-refractivity contribution in [1.29, 1.82) is 5.26 Å². The van der Waals surface area contributed by atoms with E-state index in [2.05, 4.69) is 61.4 Å². The monoisotopic (exact) mass is 273 g/mol. The van der Waals surface area contributed by atoms with Gasteiger partial charge in [-0.3, -0.25) is 5.32 Å². The van der Waals surface area contributed by atoms with Gasteiger partial charge in [-0.1, -0.05) is 32.0 Å². The van der Waals surface area contributed by atoms with Crippen LogP contribution in [-0.4, -0.2) is 25.7 Å². The minimum Gasteiger partial charge on any atom is -0.375 e. The SMILES string of the molecule is CCCNC(C#N)(CC)CCCN(C)c1ccccc1. The molecular formula is C17H27N3. The molecule has 1 aromatic rings. The van der Waals surface area contributed by atoms with Gasteiger partial charge < -0.3 is 4.90 Å². The van der Waals surface area contributed by atoms with Gasteiger partial charge in [0, 0.05) is 19.3 Å². The van der Waals surface area contributed by atoms with E-state index in [0.717, 1.165) is 38.8 Å². The largest absolute Gasteiger partial charge is 0.375 e. The third-order valence-corrected chi connectivity index (χ3v) is 3.83. The first-order valence-electron chi connectivity index (χ1n) is 7.60. The molecule has 1 rings (SSSR count). The van der Waals surface area contributed by atoms with E-state index in [1.165, 1.54) is 5.69 Å². The summed E-state index contributed by atoms with van der Waals surface area (Å²) >= 11 is 0. The molecule has 0 aromatic heterocycles. The van der Waals surface area contributed by atoms with Gasteiger partial charge in [0.2, 0.25) is 0 Å².